The van der Waals surface area contributed by atoms with Gasteiger partial charge in [-0.25, -0.2) is 0 Å². The third kappa shape index (κ3) is 6.27. The van der Waals surface area contributed by atoms with Crippen LogP contribution in [0.25, 0.3) is 0 Å². The van der Waals surface area contributed by atoms with E-state index in [-0.39, 0.29) is 12.0 Å². The molecule has 0 radical (unpaired) electrons. The zero-order chi connectivity index (χ0) is 25.6. The number of unbranched alkanes of at least 4 members (excludes halogenated alkanes) is 1. The average Bonchev–Trinajstić information content (AvgIpc) is 2.97. The number of hydrogen-bond acceptors (Lipinski definition) is 8. The zero-order valence-corrected chi connectivity index (χ0v) is 22.7. The second kappa shape index (κ2) is 11.9. The fraction of sp³-hybridized carbons (Fsp3) is 0.500. The minimum absolute atomic E-state index is 0.0734. The molecule has 2 aromatic carbocycles. The molecule has 3 rings (SSSR count). The van der Waals surface area contributed by atoms with E-state index >= 15 is 0 Å². The van der Waals surface area contributed by atoms with Crippen LogP contribution in [0.2, 0.25) is 0 Å². The summed E-state index contributed by atoms with van der Waals surface area (Å²) < 4.78 is 33.8. The van der Waals surface area contributed by atoms with E-state index in [0.717, 1.165) is 42.0 Å². The highest BCUT2D eigenvalue weighted by atomic mass is 32.3. The molecule has 4 N–H and O–H groups in total. The highest BCUT2D eigenvalue weighted by Gasteiger charge is 2.42. The Hall–Kier alpha value is -1.91. The van der Waals surface area contributed by atoms with Gasteiger partial charge in [-0.3, -0.25) is 13.9 Å². The molecule has 0 saturated carbocycles. The lowest BCUT2D eigenvalue weighted by atomic mass is 9.81. The van der Waals surface area contributed by atoms with Gasteiger partial charge in [0, 0.05) is 29.5 Å². The van der Waals surface area contributed by atoms with Crippen LogP contribution in [-0.2, 0) is 9.53 Å². The molecule has 0 fully saturated rings. The molecule has 1 heterocycles. The summed E-state index contributed by atoms with van der Waals surface area (Å²) in [7, 11) is -1.85. The number of thioether (sulfide) groups is 1. The molecule has 1 aliphatic heterocycles. The van der Waals surface area contributed by atoms with Crippen molar-refractivity contribution < 1.29 is 23.4 Å². The first-order valence-corrected chi connectivity index (χ1v) is 14.9. The Labute approximate surface area is 214 Å². The minimum atomic E-state index is -3.13. The van der Waals surface area contributed by atoms with Crippen LogP contribution in [0, 0.1) is 5.41 Å². The van der Waals surface area contributed by atoms with E-state index in [0.29, 0.717) is 22.9 Å². The van der Waals surface area contributed by atoms with Crippen LogP contribution in [0.3, 0.4) is 0 Å². The molecule has 0 aromatic heterocycles. The number of ether oxygens (including phenoxy) is 2. The van der Waals surface area contributed by atoms with Crippen LogP contribution >= 0.6 is 22.4 Å². The van der Waals surface area contributed by atoms with Crippen molar-refractivity contribution in [1.82, 2.24) is 0 Å². The van der Waals surface area contributed by atoms with E-state index in [9.17, 15) is 13.9 Å². The van der Waals surface area contributed by atoms with Crippen molar-refractivity contribution in [2.75, 3.05) is 37.2 Å². The Bertz CT molecular complexity index is 1000. The van der Waals surface area contributed by atoms with E-state index in [1.807, 2.05) is 30.5 Å². The molecule has 2 aromatic rings. The van der Waals surface area contributed by atoms with Crippen LogP contribution in [-0.4, -0.2) is 53.4 Å². The van der Waals surface area contributed by atoms with E-state index in [1.54, 1.807) is 6.07 Å². The van der Waals surface area contributed by atoms with Crippen LogP contribution in [0.15, 0.2) is 52.3 Å². The number of rotatable bonds is 10. The maximum atomic E-state index is 11.7. The van der Waals surface area contributed by atoms with Gasteiger partial charge < -0.3 is 20.1 Å². The predicted octanol–water partition coefficient (Wildman–Crippen LogP) is 6.14. The van der Waals surface area contributed by atoms with Crippen molar-refractivity contribution in [2.24, 2.45) is 11.1 Å². The average molecular weight is 523 g/mol. The van der Waals surface area contributed by atoms with Gasteiger partial charge in [-0.2, -0.15) is 10.6 Å². The normalized spacial score (nSPS) is 20.9. The lowest BCUT2D eigenvalue weighted by Gasteiger charge is -2.41. The standard InChI is InChI=1S/C26H38N2O5S2/c1-5-7-13-26(6-2)17-28(19-11-9-8-10-12-19)21-14-23(34-4)22(15-24(21)35(30,31)18-26)33-16-20(27)25(29)32-3/h8-12,14-15,20,30-31H,5-7,13,16-18,27H2,1-4H3/t20-,26+/m1/s1. The molecule has 0 bridgehead atoms. The summed E-state index contributed by atoms with van der Waals surface area (Å²) in [6.45, 7) is 4.92. The summed E-state index contributed by atoms with van der Waals surface area (Å²) in [4.78, 5) is 15.3. The Balaban J connectivity index is 2.13. The summed E-state index contributed by atoms with van der Waals surface area (Å²) in [6.07, 6.45) is 5.77. The minimum Gasteiger partial charge on any atom is -0.490 e. The van der Waals surface area contributed by atoms with Crippen LogP contribution in [0.5, 0.6) is 5.75 Å². The second-order valence-electron chi connectivity index (χ2n) is 9.10. The lowest BCUT2D eigenvalue weighted by Crippen LogP contribution is -2.37. The molecule has 0 saturated heterocycles. The first kappa shape index (κ1) is 27.7. The summed E-state index contributed by atoms with van der Waals surface area (Å²) in [5.74, 6) is 0.210. The molecule has 194 valence electrons. The van der Waals surface area contributed by atoms with Crippen molar-refractivity contribution in [2.45, 2.75) is 55.4 Å². The Morgan fingerprint density at radius 1 is 1.26 bits per heavy atom. The number of carbonyl (C=O) groups excluding carboxylic acids is 1. The third-order valence-electron chi connectivity index (χ3n) is 6.69. The highest BCUT2D eigenvalue weighted by Crippen LogP contribution is 2.62. The molecule has 35 heavy (non-hydrogen) atoms. The quantitative estimate of drug-likeness (QED) is 0.253. The smallest absolute Gasteiger partial charge is 0.326 e. The Morgan fingerprint density at radius 2 is 1.97 bits per heavy atom. The first-order chi connectivity index (χ1) is 16.7. The molecule has 0 unspecified atom stereocenters. The van der Waals surface area contributed by atoms with Crippen LogP contribution in [0.1, 0.15) is 39.5 Å². The number of esters is 1. The molecular weight excluding hydrogens is 484 g/mol. The zero-order valence-electron chi connectivity index (χ0n) is 21.0. The molecule has 0 spiro atoms. The molecular formula is C26H38N2O5S2. The molecule has 0 aliphatic carbocycles. The van der Waals surface area contributed by atoms with Crippen molar-refractivity contribution in [3.05, 3.63) is 42.5 Å². The first-order valence-electron chi connectivity index (χ1n) is 12.0. The highest BCUT2D eigenvalue weighted by molar-refractivity contribution is 8.24. The van der Waals surface area contributed by atoms with E-state index < -0.39 is 22.6 Å². The summed E-state index contributed by atoms with van der Waals surface area (Å²) in [5, 5.41) is 0. The molecule has 9 heteroatoms. The van der Waals surface area contributed by atoms with Gasteiger partial charge >= 0.3 is 5.97 Å². The van der Waals surface area contributed by atoms with Gasteiger partial charge in [0.25, 0.3) is 0 Å². The van der Waals surface area contributed by atoms with Gasteiger partial charge in [0.2, 0.25) is 0 Å². The van der Waals surface area contributed by atoms with E-state index in [4.69, 9.17) is 15.2 Å². The topological polar surface area (TPSA) is 105 Å². The van der Waals surface area contributed by atoms with Crippen molar-refractivity contribution in [1.29, 1.82) is 0 Å². The third-order valence-corrected chi connectivity index (χ3v) is 9.50. The van der Waals surface area contributed by atoms with Gasteiger partial charge in [0.05, 0.1) is 22.6 Å². The number of para-hydroxylation sites is 1. The van der Waals surface area contributed by atoms with Gasteiger partial charge in [-0.15, -0.1) is 11.8 Å². The fourth-order valence-electron chi connectivity index (χ4n) is 4.58. The van der Waals surface area contributed by atoms with Crippen molar-refractivity contribution in [3.8, 4) is 5.75 Å². The number of anilines is 2. The van der Waals surface area contributed by atoms with Gasteiger partial charge in [-0.1, -0.05) is 44.9 Å². The number of methoxy groups -OCH3 is 1. The Morgan fingerprint density at radius 3 is 2.57 bits per heavy atom. The van der Waals surface area contributed by atoms with Gasteiger partial charge in [0.15, 0.2) is 0 Å². The van der Waals surface area contributed by atoms with Crippen LogP contribution < -0.4 is 15.4 Å². The number of nitrogens with two attached hydrogens (primary N) is 1. The van der Waals surface area contributed by atoms with E-state index in [2.05, 4.69) is 30.9 Å². The number of nitrogens with zero attached hydrogens (tertiary/aromatic N) is 1. The summed E-state index contributed by atoms with van der Waals surface area (Å²) in [6, 6.07) is 12.8. The predicted molar refractivity (Wildman–Crippen MR) is 145 cm³/mol. The van der Waals surface area contributed by atoms with E-state index in [1.165, 1.54) is 18.9 Å². The summed E-state index contributed by atoms with van der Waals surface area (Å²) >= 11 is 1.50. The van der Waals surface area contributed by atoms with Gasteiger partial charge in [-0.05, 0) is 37.3 Å². The maximum Gasteiger partial charge on any atom is 0.326 e. The van der Waals surface area contributed by atoms with Gasteiger partial charge in [0.1, 0.15) is 18.4 Å². The number of carbonyl (C=O) groups is 1. The maximum absolute atomic E-state index is 11.7. The Kier molecular flexibility index (Phi) is 9.40. The SMILES string of the molecule is CCCC[C@@]1(CC)CN(c2ccccc2)c2cc(SC)c(OC[C@@H](N)C(=O)OC)cc2S(O)(O)C1. The van der Waals surface area contributed by atoms with Crippen molar-refractivity contribution in [3.63, 3.8) is 0 Å². The molecule has 1 aliphatic rings. The fourth-order valence-corrected chi connectivity index (χ4v) is 7.38. The number of benzene rings is 2. The molecule has 2 atom stereocenters. The second-order valence-corrected chi connectivity index (χ2v) is 12.0. The van der Waals surface area contributed by atoms with Crippen LogP contribution in [0.4, 0.5) is 11.4 Å². The monoisotopic (exact) mass is 522 g/mol. The lowest BCUT2D eigenvalue weighted by molar-refractivity contribution is -0.142. The summed E-state index contributed by atoms with van der Waals surface area (Å²) in [5.41, 5.74) is 7.40. The largest absolute Gasteiger partial charge is 0.490 e. The van der Waals surface area contributed by atoms with Crippen molar-refractivity contribution >= 4 is 39.7 Å². The molecule has 0 amide bonds. The molecule has 7 nitrogen and oxygen atoms in total. The number of fused-ring (bicyclic) bond motifs is 1. The number of hydrogen-bond donors (Lipinski definition) is 3.